The third-order valence-corrected chi connectivity index (χ3v) is 6.27. The first-order valence-electron chi connectivity index (χ1n) is 9.47. The summed E-state index contributed by atoms with van der Waals surface area (Å²) in [6, 6.07) is 0. The topological polar surface area (TPSA) is 84.4 Å². The molecule has 3 heterocycles. The van der Waals surface area contributed by atoms with Gasteiger partial charge in [-0.1, -0.05) is 6.08 Å². The van der Waals surface area contributed by atoms with Crippen molar-refractivity contribution < 1.29 is 14.3 Å². The Kier molecular flexibility index (Phi) is 6.28. The molecule has 1 N–H and O–H groups in total. The van der Waals surface area contributed by atoms with E-state index in [2.05, 4.69) is 40.6 Å². The Bertz CT molecular complexity index is 887. The average Bonchev–Trinajstić information content (AvgIpc) is 3.00. The second-order valence-corrected chi connectivity index (χ2v) is 8.24. The molecule has 1 amide bonds. The molecule has 0 radical (unpaired) electrons. The lowest BCUT2D eigenvalue weighted by Crippen LogP contribution is -2.41. The van der Waals surface area contributed by atoms with Crippen LogP contribution >= 0.6 is 11.3 Å². The Hall–Kier alpha value is -2.48. The summed E-state index contributed by atoms with van der Waals surface area (Å²) >= 11 is 1.68. The zero-order valence-electron chi connectivity index (χ0n) is 16.5. The Balaban J connectivity index is 1.61. The maximum Gasteiger partial charge on any atom is 0.309 e. The molecule has 1 atom stereocenters. The van der Waals surface area contributed by atoms with Crippen LogP contribution in [0.4, 0.5) is 5.82 Å². The molecule has 8 heteroatoms. The molecule has 2 aromatic rings. The maximum atomic E-state index is 12.4. The standard InChI is InChI=1S/C20H26N4O3S/c1-5-8-21-18(25)13(3)27-20(26)15-6-9-24(10-7-15)17-16-12(2)14(4)28-19(16)23-11-22-17/h5,11,13,15H,1,6-10H2,2-4H3,(H,21,25)/t13-/m0/s1. The van der Waals surface area contributed by atoms with Crippen LogP contribution in [0.3, 0.4) is 0 Å². The van der Waals surface area contributed by atoms with E-state index in [4.69, 9.17) is 4.74 Å². The molecule has 1 saturated heterocycles. The highest BCUT2D eigenvalue weighted by Crippen LogP contribution is 2.35. The number of anilines is 1. The van der Waals surface area contributed by atoms with Crippen LogP contribution in [-0.4, -0.2) is 47.6 Å². The fourth-order valence-electron chi connectivity index (χ4n) is 3.37. The number of nitrogens with zero attached hydrogens (tertiary/aromatic N) is 3. The Morgan fingerprint density at radius 3 is 2.79 bits per heavy atom. The number of aromatic nitrogens is 2. The smallest absolute Gasteiger partial charge is 0.309 e. The predicted octanol–water partition coefficient (Wildman–Crippen LogP) is 2.76. The Labute approximate surface area is 168 Å². The van der Waals surface area contributed by atoms with E-state index in [1.54, 1.807) is 30.7 Å². The number of piperidine rings is 1. The van der Waals surface area contributed by atoms with Crippen LogP contribution in [0.2, 0.25) is 0 Å². The summed E-state index contributed by atoms with van der Waals surface area (Å²) < 4.78 is 5.35. The third kappa shape index (κ3) is 4.16. The van der Waals surface area contributed by atoms with Gasteiger partial charge in [-0.3, -0.25) is 9.59 Å². The minimum absolute atomic E-state index is 0.200. The Morgan fingerprint density at radius 2 is 2.11 bits per heavy atom. The lowest BCUT2D eigenvalue weighted by atomic mass is 9.96. The molecule has 2 aromatic heterocycles. The number of thiophene rings is 1. The van der Waals surface area contributed by atoms with Crippen LogP contribution in [0.25, 0.3) is 10.2 Å². The number of aryl methyl sites for hydroxylation is 2. The number of fused-ring (bicyclic) bond motifs is 1. The molecule has 0 unspecified atom stereocenters. The molecule has 150 valence electrons. The van der Waals surface area contributed by atoms with Crippen LogP contribution in [-0.2, 0) is 14.3 Å². The summed E-state index contributed by atoms with van der Waals surface area (Å²) in [5, 5.41) is 3.75. The van der Waals surface area contributed by atoms with Crippen LogP contribution in [0.15, 0.2) is 19.0 Å². The van der Waals surface area contributed by atoms with Crippen molar-refractivity contribution in [2.45, 2.75) is 39.7 Å². The van der Waals surface area contributed by atoms with Crippen LogP contribution in [0, 0.1) is 19.8 Å². The summed E-state index contributed by atoms with van der Waals surface area (Å²) in [6.07, 6.45) is 3.74. The largest absolute Gasteiger partial charge is 0.452 e. The van der Waals surface area contributed by atoms with Gasteiger partial charge in [0.2, 0.25) is 0 Å². The number of esters is 1. The van der Waals surface area contributed by atoms with Gasteiger partial charge in [-0.25, -0.2) is 9.97 Å². The molecular formula is C20H26N4O3S. The maximum absolute atomic E-state index is 12.4. The fourth-order valence-corrected chi connectivity index (χ4v) is 4.36. The van der Waals surface area contributed by atoms with Gasteiger partial charge in [-0.15, -0.1) is 17.9 Å². The molecule has 0 saturated carbocycles. The van der Waals surface area contributed by atoms with Gasteiger partial charge in [-0.05, 0) is 39.2 Å². The Morgan fingerprint density at radius 1 is 1.39 bits per heavy atom. The molecule has 1 aliphatic rings. The summed E-state index contributed by atoms with van der Waals surface area (Å²) in [5.74, 6) is 0.123. The van der Waals surface area contributed by atoms with Gasteiger partial charge in [0.15, 0.2) is 6.10 Å². The van der Waals surface area contributed by atoms with E-state index in [1.165, 1.54) is 10.4 Å². The van der Waals surface area contributed by atoms with Gasteiger partial charge in [0, 0.05) is 24.5 Å². The molecule has 1 aliphatic heterocycles. The van der Waals surface area contributed by atoms with E-state index < -0.39 is 6.10 Å². The highest BCUT2D eigenvalue weighted by molar-refractivity contribution is 7.18. The number of hydrogen-bond acceptors (Lipinski definition) is 7. The number of ether oxygens (including phenoxy) is 1. The second-order valence-electron chi connectivity index (χ2n) is 7.03. The molecule has 0 spiro atoms. The lowest BCUT2D eigenvalue weighted by molar-refractivity contribution is -0.159. The number of hydrogen-bond donors (Lipinski definition) is 1. The molecule has 0 aliphatic carbocycles. The average molecular weight is 403 g/mol. The van der Waals surface area contributed by atoms with Crippen molar-refractivity contribution in [3.8, 4) is 0 Å². The molecule has 3 rings (SSSR count). The van der Waals surface area contributed by atoms with Gasteiger partial charge in [0.25, 0.3) is 5.91 Å². The lowest BCUT2D eigenvalue weighted by Gasteiger charge is -2.32. The van der Waals surface area contributed by atoms with Crippen molar-refractivity contribution in [1.82, 2.24) is 15.3 Å². The number of nitrogens with one attached hydrogen (secondary N) is 1. The molecule has 7 nitrogen and oxygen atoms in total. The van der Waals surface area contributed by atoms with Gasteiger partial charge in [0.05, 0.1) is 11.3 Å². The monoisotopic (exact) mass is 402 g/mol. The highest BCUT2D eigenvalue weighted by atomic mass is 32.1. The van der Waals surface area contributed by atoms with Crippen LogP contribution < -0.4 is 10.2 Å². The second kappa shape index (κ2) is 8.68. The van der Waals surface area contributed by atoms with Gasteiger partial charge >= 0.3 is 5.97 Å². The first kappa shape index (κ1) is 20.3. The van der Waals surface area contributed by atoms with E-state index >= 15 is 0 Å². The number of carbonyl (C=O) groups excluding carboxylic acids is 2. The SMILES string of the molecule is C=CCNC(=O)[C@H](C)OC(=O)C1CCN(c2ncnc3sc(C)c(C)c23)CC1. The molecule has 0 bridgehead atoms. The zero-order valence-corrected chi connectivity index (χ0v) is 17.3. The molecule has 1 fully saturated rings. The van der Waals surface area contributed by atoms with E-state index in [0.717, 1.165) is 29.1 Å². The minimum atomic E-state index is -0.802. The van der Waals surface area contributed by atoms with Crippen molar-refractivity contribution in [2.75, 3.05) is 24.5 Å². The fraction of sp³-hybridized carbons (Fsp3) is 0.500. The van der Waals surface area contributed by atoms with Crippen molar-refractivity contribution in [2.24, 2.45) is 5.92 Å². The van der Waals surface area contributed by atoms with Gasteiger partial charge < -0.3 is 15.0 Å². The first-order chi connectivity index (χ1) is 13.4. The van der Waals surface area contributed by atoms with Crippen molar-refractivity contribution in [3.63, 3.8) is 0 Å². The summed E-state index contributed by atoms with van der Waals surface area (Å²) in [7, 11) is 0. The number of amides is 1. The minimum Gasteiger partial charge on any atom is -0.452 e. The molecular weight excluding hydrogens is 376 g/mol. The summed E-state index contributed by atoms with van der Waals surface area (Å²) in [5.41, 5.74) is 1.22. The zero-order chi connectivity index (χ0) is 20.3. The number of rotatable bonds is 6. The summed E-state index contributed by atoms with van der Waals surface area (Å²) in [6.45, 7) is 11.1. The van der Waals surface area contributed by atoms with Crippen LogP contribution in [0.5, 0.6) is 0 Å². The molecule has 28 heavy (non-hydrogen) atoms. The van der Waals surface area contributed by atoms with Crippen molar-refractivity contribution in [1.29, 1.82) is 0 Å². The first-order valence-corrected chi connectivity index (χ1v) is 10.3. The van der Waals surface area contributed by atoms with Gasteiger partial charge in [-0.2, -0.15) is 0 Å². The third-order valence-electron chi connectivity index (χ3n) is 5.16. The summed E-state index contributed by atoms with van der Waals surface area (Å²) in [4.78, 5) is 37.7. The number of carbonyl (C=O) groups is 2. The van der Waals surface area contributed by atoms with Crippen molar-refractivity contribution in [3.05, 3.63) is 29.4 Å². The van der Waals surface area contributed by atoms with Gasteiger partial charge in [0.1, 0.15) is 17.0 Å². The molecule has 0 aromatic carbocycles. The predicted molar refractivity (Wildman–Crippen MR) is 111 cm³/mol. The van der Waals surface area contributed by atoms with E-state index in [-0.39, 0.29) is 17.8 Å². The van der Waals surface area contributed by atoms with Crippen LogP contribution in [0.1, 0.15) is 30.2 Å². The quantitative estimate of drug-likeness (QED) is 0.591. The normalized spacial score (nSPS) is 16.0. The van der Waals surface area contributed by atoms with E-state index in [9.17, 15) is 9.59 Å². The van der Waals surface area contributed by atoms with E-state index in [1.807, 2.05) is 0 Å². The van der Waals surface area contributed by atoms with E-state index in [0.29, 0.717) is 19.4 Å². The highest BCUT2D eigenvalue weighted by Gasteiger charge is 2.30. The van der Waals surface area contributed by atoms with Crippen molar-refractivity contribution >= 4 is 39.2 Å².